The van der Waals surface area contributed by atoms with Crippen molar-refractivity contribution < 1.29 is 4.79 Å². The van der Waals surface area contributed by atoms with Crippen LogP contribution in [-0.2, 0) is 13.1 Å². The lowest BCUT2D eigenvalue weighted by atomic mass is 10.2. The lowest BCUT2D eigenvalue weighted by molar-refractivity contribution is 0.126. The summed E-state index contributed by atoms with van der Waals surface area (Å²) < 4.78 is 0. The molecule has 2 aliphatic rings. The van der Waals surface area contributed by atoms with E-state index in [0.29, 0.717) is 13.1 Å². The van der Waals surface area contributed by atoms with Crippen LogP contribution in [0.15, 0.2) is 48.7 Å². The largest absolute Gasteiger partial charge is 0.357 e. The second-order valence-corrected chi connectivity index (χ2v) is 8.79. The standard InChI is InChI=1S/C25H36N6O/c32-25(28-20-23-9-10-24(27-19-23)31-13-4-5-14-31)26-11-6-12-29-15-17-30(18-16-29)21-22-7-2-1-3-8-22/h1-3,7-10,19H,4-6,11-18,20-21H2,(H2,26,28,32). The molecule has 0 saturated carbocycles. The predicted molar refractivity (Wildman–Crippen MR) is 129 cm³/mol. The summed E-state index contributed by atoms with van der Waals surface area (Å²) in [4.78, 5) is 24.0. The molecular formula is C25H36N6O. The first-order valence-corrected chi connectivity index (χ1v) is 12.0. The molecule has 7 nitrogen and oxygen atoms in total. The number of pyridine rings is 1. The van der Waals surface area contributed by atoms with Crippen molar-refractivity contribution in [2.45, 2.75) is 32.4 Å². The third-order valence-corrected chi connectivity index (χ3v) is 6.34. The van der Waals surface area contributed by atoms with Gasteiger partial charge in [-0.1, -0.05) is 36.4 Å². The quantitative estimate of drug-likeness (QED) is 0.592. The summed E-state index contributed by atoms with van der Waals surface area (Å²) in [7, 11) is 0. The number of carbonyl (C=O) groups is 1. The van der Waals surface area contributed by atoms with E-state index in [1.165, 1.54) is 18.4 Å². The van der Waals surface area contributed by atoms with Gasteiger partial charge < -0.3 is 20.4 Å². The van der Waals surface area contributed by atoms with Gasteiger partial charge in [0.15, 0.2) is 0 Å². The summed E-state index contributed by atoms with van der Waals surface area (Å²) in [6, 6.07) is 14.7. The van der Waals surface area contributed by atoms with Gasteiger partial charge in [0, 0.05) is 65.1 Å². The zero-order valence-corrected chi connectivity index (χ0v) is 19.0. The predicted octanol–water partition coefficient (Wildman–Crippen LogP) is 2.69. The molecule has 2 aromatic rings. The van der Waals surface area contributed by atoms with Gasteiger partial charge in [0.2, 0.25) is 0 Å². The molecule has 0 radical (unpaired) electrons. The summed E-state index contributed by atoms with van der Waals surface area (Å²) in [5.74, 6) is 1.04. The summed E-state index contributed by atoms with van der Waals surface area (Å²) in [6.07, 6.45) is 5.33. The maximum atomic E-state index is 12.1. The van der Waals surface area contributed by atoms with E-state index < -0.39 is 0 Å². The molecule has 0 atom stereocenters. The first-order chi connectivity index (χ1) is 15.8. The molecular weight excluding hydrogens is 400 g/mol. The number of aromatic nitrogens is 1. The highest BCUT2D eigenvalue weighted by Crippen LogP contribution is 2.17. The fourth-order valence-corrected chi connectivity index (χ4v) is 4.42. The van der Waals surface area contributed by atoms with Crippen molar-refractivity contribution >= 4 is 11.8 Å². The van der Waals surface area contributed by atoms with E-state index in [2.05, 4.69) is 72.8 Å². The van der Waals surface area contributed by atoms with E-state index in [0.717, 1.165) is 70.2 Å². The van der Waals surface area contributed by atoms with Crippen LogP contribution in [-0.4, -0.2) is 73.2 Å². The molecule has 2 saturated heterocycles. The highest BCUT2D eigenvalue weighted by molar-refractivity contribution is 5.73. The van der Waals surface area contributed by atoms with Crippen molar-refractivity contribution in [1.82, 2.24) is 25.4 Å². The highest BCUT2D eigenvalue weighted by atomic mass is 16.2. The van der Waals surface area contributed by atoms with Crippen molar-refractivity contribution in [3.63, 3.8) is 0 Å². The molecule has 4 rings (SSSR count). The number of piperazine rings is 1. The van der Waals surface area contributed by atoms with Crippen LogP contribution in [0.1, 0.15) is 30.4 Å². The number of amides is 2. The van der Waals surface area contributed by atoms with Crippen molar-refractivity contribution in [3.8, 4) is 0 Å². The minimum atomic E-state index is -0.110. The van der Waals surface area contributed by atoms with E-state index in [9.17, 15) is 4.79 Å². The SMILES string of the molecule is O=C(NCCCN1CCN(Cc2ccccc2)CC1)NCc1ccc(N2CCCC2)nc1. The van der Waals surface area contributed by atoms with Crippen LogP contribution in [0.25, 0.3) is 0 Å². The zero-order valence-electron chi connectivity index (χ0n) is 19.0. The maximum absolute atomic E-state index is 12.1. The summed E-state index contributed by atoms with van der Waals surface area (Å²) in [5, 5.41) is 5.91. The Labute approximate surface area is 191 Å². The number of hydrogen-bond donors (Lipinski definition) is 2. The number of anilines is 1. The van der Waals surface area contributed by atoms with Gasteiger partial charge in [0.1, 0.15) is 5.82 Å². The molecule has 172 valence electrons. The van der Waals surface area contributed by atoms with Gasteiger partial charge in [-0.05, 0) is 43.0 Å². The molecule has 1 aromatic heterocycles. The van der Waals surface area contributed by atoms with Gasteiger partial charge in [0.05, 0.1) is 0 Å². The van der Waals surface area contributed by atoms with Gasteiger partial charge in [-0.15, -0.1) is 0 Å². The summed E-state index contributed by atoms with van der Waals surface area (Å²) in [5.41, 5.74) is 2.41. The van der Waals surface area contributed by atoms with E-state index >= 15 is 0 Å². The monoisotopic (exact) mass is 436 g/mol. The Morgan fingerprint density at radius 2 is 1.59 bits per heavy atom. The molecule has 32 heavy (non-hydrogen) atoms. The van der Waals surface area contributed by atoms with Crippen molar-refractivity contribution in [2.75, 3.05) is 57.3 Å². The van der Waals surface area contributed by atoms with Crippen LogP contribution >= 0.6 is 0 Å². The molecule has 2 N–H and O–H groups in total. The normalized spacial score (nSPS) is 17.4. The Kier molecular flexibility index (Phi) is 8.34. The van der Waals surface area contributed by atoms with Crippen molar-refractivity contribution in [3.05, 3.63) is 59.8 Å². The van der Waals surface area contributed by atoms with Crippen LogP contribution in [0, 0.1) is 0 Å². The first kappa shape index (κ1) is 22.6. The number of urea groups is 1. The molecule has 0 spiro atoms. The highest BCUT2D eigenvalue weighted by Gasteiger charge is 2.16. The van der Waals surface area contributed by atoms with Crippen LogP contribution in [0.5, 0.6) is 0 Å². The van der Waals surface area contributed by atoms with Gasteiger partial charge in [-0.2, -0.15) is 0 Å². The molecule has 2 fully saturated rings. The van der Waals surface area contributed by atoms with Gasteiger partial charge in [-0.3, -0.25) is 4.90 Å². The molecule has 3 heterocycles. The number of rotatable bonds is 9. The Morgan fingerprint density at radius 1 is 0.844 bits per heavy atom. The lowest BCUT2D eigenvalue weighted by Crippen LogP contribution is -2.46. The molecule has 2 amide bonds. The first-order valence-electron chi connectivity index (χ1n) is 12.0. The lowest BCUT2D eigenvalue weighted by Gasteiger charge is -2.34. The Balaban J connectivity index is 1.05. The second kappa shape index (κ2) is 11.8. The summed E-state index contributed by atoms with van der Waals surface area (Å²) >= 11 is 0. The van der Waals surface area contributed by atoms with E-state index in [1.54, 1.807) is 0 Å². The molecule has 2 aliphatic heterocycles. The minimum absolute atomic E-state index is 0.110. The molecule has 0 aliphatic carbocycles. The Hall–Kier alpha value is -2.64. The van der Waals surface area contributed by atoms with E-state index in [1.807, 2.05) is 6.20 Å². The van der Waals surface area contributed by atoms with Gasteiger partial charge in [0.25, 0.3) is 0 Å². The smallest absolute Gasteiger partial charge is 0.315 e. The Morgan fingerprint density at radius 3 is 2.31 bits per heavy atom. The third kappa shape index (κ3) is 6.93. The fraction of sp³-hybridized carbons (Fsp3) is 0.520. The number of nitrogens with zero attached hydrogens (tertiary/aromatic N) is 4. The molecule has 1 aromatic carbocycles. The van der Waals surface area contributed by atoms with Crippen LogP contribution in [0.4, 0.5) is 10.6 Å². The zero-order chi connectivity index (χ0) is 22.0. The summed E-state index contributed by atoms with van der Waals surface area (Å²) in [6.45, 7) is 9.85. The Bertz CT molecular complexity index is 814. The topological polar surface area (TPSA) is 63.7 Å². The van der Waals surface area contributed by atoms with Gasteiger partial charge in [-0.25, -0.2) is 9.78 Å². The van der Waals surface area contributed by atoms with Crippen LogP contribution < -0.4 is 15.5 Å². The maximum Gasteiger partial charge on any atom is 0.315 e. The second-order valence-electron chi connectivity index (χ2n) is 8.79. The fourth-order valence-electron chi connectivity index (χ4n) is 4.42. The number of nitrogens with one attached hydrogen (secondary N) is 2. The van der Waals surface area contributed by atoms with Crippen LogP contribution in [0.3, 0.4) is 0 Å². The van der Waals surface area contributed by atoms with E-state index in [-0.39, 0.29) is 6.03 Å². The minimum Gasteiger partial charge on any atom is -0.357 e. The third-order valence-electron chi connectivity index (χ3n) is 6.34. The number of carbonyl (C=O) groups excluding carboxylic acids is 1. The van der Waals surface area contributed by atoms with Gasteiger partial charge >= 0.3 is 6.03 Å². The van der Waals surface area contributed by atoms with E-state index in [4.69, 9.17) is 0 Å². The number of benzene rings is 1. The van der Waals surface area contributed by atoms with Crippen LogP contribution in [0.2, 0.25) is 0 Å². The average Bonchev–Trinajstić information content (AvgIpc) is 3.38. The molecule has 0 unspecified atom stereocenters. The van der Waals surface area contributed by atoms with Crippen molar-refractivity contribution in [1.29, 1.82) is 0 Å². The molecule has 7 heteroatoms. The number of hydrogen-bond acceptors (Lipinski definition) is 5. The average molecular weight is 437 g/mol. The molecule has 0 bridgehead atoms. The van der Waals surface area contributed by atoms with Crippen molar-refractivity contribution in [2.24, 2.45) is 0 Å².